The maximum Gasteiger partial charge on any atom is 0.351 e. The summed E-state index contributed by atoms with van der Waals surface area (Å²) in [5, 5.41) is 21.3. The van der Waals surface area contributed by atoms with Crippen molar-refractivity contribution in [3.63, 3.8) is 0 Å². The summed E-state index contributed by atoms with van der Waals surface area (Å²) >= 11 is 3.23. The van der Waals surface area contributed by atoms with Crippen molar-refractivity contribution in [2.75, 3.05) is 12.3 Å². The molecule has 1 aliphatic heterocycles. The van der Waals surface area contributed by atoms with Crippen molar-refractivity contribution in [2.24, 2.45) is 0 Å². The molecule has 4 atom stereocenters. The number of hydrogen-bond donors (Lipinski definition) is 2. The maximum absolute atomic E-state index is 12.5. The second-order valence-corrected chi connectivity index (χ2v) is 8.71. The van der Waals surface area contributed by atoms with Crippen LogP contribution >= 0.6 is 15.9 Å². The number of aliphatic hydroxyl groups is 1. The minimum atomic E-state index is -1.68. The molecule has 0 bridgehead atoms. The fourth-order valence-electron chi connectivity index (χ4n) is 3.77. The van der Waals surface area contributed by atoms with Crippen molar-refractivity contribution in [3.05, 3.63) is 92.9 Å². The van der Waals surface area contributed by atoms with Crippen LogP contribution in [0.1, 0.15) is 17.4 Å². The molecule has 3 aromatic rings. The zero-order valence-corrected chi connectivity index (χ0v) is 19.7. The molecule has 34 heavy (non-hydrogen) atoms. The first-order valence-electron chi connectivity index (χ1n) is 10.5. The largest absolute Gasteiger partial charge is 0.385 e. The van der Waals surface area contributed by atoms with E-state index in [0.29, 0.717) is 4.47 Å². The number of nitrogens with zero attached hydrogens (tertiary/aromatic N) is 3. The Hall–Kier alpha value is -3.07. The van der Waals surface area contributed by atoms with Gasteiger partial charge in [0.15, 0.2) is 6.23 Å². The first-order chi connectivity index (χ1) is 16.4. The van der Waals surface area contributed by atoms with Crippen LogP contribution in [-0.4, -0.2) is 39.1 Å². The number of nitriles is 1. The normalized spacial score (nSPS) is 24.1. The smallest absolute Gasteiger partial charge is 0.351 e. The average molecular weight is 527 g/mol. The van der Waals surface area contributed by atoms with Gasteiger partial charge in [-0.2, -0.15) is 10.2 Å². The van der Waals surface area contributed by atoms with Crippen LogP contribution in [0.15, 0.2) is 76.1 Å². The molecule has 0 amide bonds. The van der Waals surface area contributed by atoms with Gasteiger partial charge in [-0.3, -0.25) is 4.57 Å². The molecular formula is C24H23BrN4O5. The number of benzene rings is 2. The molecule has 1 aliphatic rings. The highest BCUT2D eigenvalue weighted by molar-refractivity contribution is 9.10. The summed E-state index contributed by atoms with van der Waals surface area (Å²) in [6.07, 6.45) is -2.34. The van der Waals surface area contributed by atoms with Gasteiger partial charge in [-0.15, -0.1) is 0 Å². The Morgan fingerprint density at radius 3 is 2.38 bits per heavy atom. The molecule has 0 radical (unpaired) electrons. The van der Waals surface area contributed by atoms with Crippen molar-refractivity contribution in [3.8, 4) is 6.07 Å². The molecule has 4 rings (SSSR count). The number of rotatable bonds is 8. The van der Waals surface area contributed by atoms with Crippen LogP contribution in [0.5, 0.6) is 0 Å². The Balaban J connectivity index is 1.61. The first-order valence-corrected chi connectivity index (χ1v) is 11.3. The summed E-state index contributed by atoms with van der Waals surface area (Å²) in [5.74, 6) is 0.00311. The molecule has 1 aromatic heterocycles. The van der Waals surface area contributed by atoms with E-state index in [1.54, 1.807) is 0 Å². The van der Waals surface area contributed by atoms with Crippen LogP contribution in [0.4, 0.5) is 5.82 Å². The zero-order valence-electron chi connectivity index (χ0n) is 18.1. The highest BCUT2D eigenvalue weighted by Crippen LogP contribution is 2.39. The van der Waals surface area contributed by atoms with Gasteiger partial charge < -0.3 is 25.1 Å². The van der Waals surface area contributed by atoms with E-state index in [0.717, 1.165) is 15.7 Å². The van der Waals surface area contributed by atoms with Crippen LogP contribution < -0.4 is 11.4 Å². The van der Waals surface area contributed by atoms with E-state index in [1.165, 1.54) is 6.20 Å². The maximum atomic E-state index is 12.5. The fraction of sp³-hybridized carbons (Fsp3) is 0.292. The molecule has 3 N–H and O–H groups in total. The van der Waals surface area contributed by atoms with Gasteiger partial charge in [-0.25, -0.2) is 4.79 Å². The number of halogens is 1. The highest BCUT2D eigenvalue weighted by atomic mass is 79.9. The van der Waals surface area contributed by atoms with Gasteiger partial charge in [0.1, 0.15) is 24.1 Å². The molecule has 2 heterocycles. The third kappa shape index (κ3) is 5.04. The Morgan fingerprint density at radius 2 is 1.76 bits per heavy atom. The van der Waals surface area contributed by atoms with Crippen LogP contribution in [0.3, 0.4) is 0 Å². The number of nitrogens with two attached hydrogens (primary N) is 1. The number of aliphatic hydroxyl groups excluding tert-OH is 1. The third-order valence-electron chi connectivity index (χ3n) is 5.49. The molecule has 0 saturated carbocycles. The van der Waals surface area contributed by atoms with Crippen molar-refractivity contribution in [2.45, 2.75) is 37.3 Å². The molecule has 0 spiro atoms. The number of nitrogen functional groups attached to an aromatic ring is 1. The highest BCUT2D eigenvalue weighted by Gasteiger charge is 2.57. The molecule has 10 heteroatoms. The molecule has 1 fully saturated rings. The Kier molecular flexibility index (Phi) is 7.41. The average Bonchev–Trinajstić information content (AvgIpc) is 3.13. The van der Waals surface area contributed by atoms with Crippen molar-refractivity contribution in [1.82, 2.24) is 9.55 Å². The quantitative estimate of drug-likeness (QED) is 0.457. The minimum absolute atomic E-state index is 0.00311. The lowest BCUT2D eigenvalue weighted by molar-refractivity contribution is -0.125. The number of ether oxygens (including phenoxy) is 3. The lowest BCUT2D eigenvalue weighted by Gasteiger charge is -2.28. The summed E-state index contributed by atoms with van der Waals surface area (Å²) in [5.41, 5.74) is 5.04. The first kappa shape index (κ1) is 24.1. The molecular weight excluding hydrogens is 504 g/mol. The van der Waals surface area contributed by atoms with Gasteiger partial charge in [0.2, 0.25) is 5.60 Å². The van der Waals surface area contributed by atoms with Gasteiger partial charge in [-0.05, 0) is 27.1 Å². The van der Waals surface area contributed by atoms with Gasteiger partial charge in [0, 0.05) is 6.20 Å². The third-order valence-corrected chi connectivity index (χ3v) is 6.10. The Labute approximate surface area is 204 Å². The lowest BCUT2D eigenvalue weighted by Crippen LogP contribution is -2.47. The van der Waals surface area contributed by atoms with E-state index in [4.69, 9.17) is 19.9 Å². The Morgan fingerprint density at radius 1 is 1.15 bits per heavy atom. The second-order valence-electron chi connectivity index (χ2n) is 7.86. The molecule has 0 aliphatic carbocycles. The van der Waals surface area contributed by atoms with Crippen LogP contribution in [-0.2, 0) is 27.4 Å². The summed E-state index contributed by atoms with van der Waals surface area (Å²) in [7, 11) is 0. The van der Waals surface area contributed by atoms with Crippen LogP contribution in [0.2, 0.25) is 0 Å². The van der Waals surface area contributed by atoms with E-state index in [1.807, 2.05) is 60.7 Å². The van der Waals surface area contributed by atoms with Gasteiger partial charge in [0.05, 0.1) is 24.3 Å². The van der Waals surface area contributed by atoms with Crippen molar-refractivity contribution >= 4 is 21.7 Å². The molecule has 2 aromatic carbocycles. The monoisotopic (exact) mass is 526 g/mol. The topological polar surface area (TPSA) is 133 Å². The van der Waals surface area contributed by atoms with Gasteiger partial charge in [0.25, 0.3) is 0 Å². The summed E-state index contributed by atoms with van der Waals surface area (Å²) in [4.78, 5) is 16.3. The Bertz CT molecular complexity index is 1220. The van der Waals surface area contributed by atoms with E-state index in [2.05, 4.69) is 27.0 Å². The van der Waals surface area contributed by atoms with Gasteiger partial charge in [-0.1, -0.05) is 60.7 Å². The summed E-state index contributed by atoms with van der Waals surface area (Å²) in [6, 6.07) is 20.9. The van der Waals surface area contributed by atoms with Crippen LogP contribution in [0, 0.1) is 11.3 Å². The fourth-order valence-corrected chi connectivity index (χ4v) is 4.07. The van der Waals surface area contributed by atoms with E-state index >= 15 is 0 Å². The van der Waals surface area contributed by atoms with E-state index in [9.17, 15) is 15.2 Å². The molecule has 176 valence electrons. The number of hydrogen-bond acceptors (Lipinski definition) is 8. The zero-order chi connectivity index (χ0) is 24.1. The summed E-state index contributed by atoms with van der Waals surface area (Å²) in [6.45, 7) is 0.164. The number of anilines is 1. The van der Waals surface area contributed by atoms with E-state index < -0.39 is 29.7 Å². The van der Waals surface area contributed by atoms with Crippen molar-refractivity contribution in [1.29, 1.82) is 5.26 Å². The summed E-state index contributed by atoms with van der Waals surface area (Å²) < 4.78 is 19.3. The molecule has 9 nitrogen and oxygen atoms in total. The predicted molar refractivity (Wildman–Crippen MR) is 126 cm³/mol. The van der Waals surface area contributed by atoms with Crippen LogP contribution in [0.25, 0.3) is 0 Å². The second kappa shape index (κ2) is 10.5. The van der Waals surface area contributed by atoms with Gasteiger partial charge >= 0.3 is 5.69 Å². The standard InChI is InChI=1S/C24H23BrN4O5/c25-18-11-29(23(31)28-21(18)27)22-19(30)20(33-13-17-9-5-2-6-10-17)24(14-26,34-22)15-32-12-16-7-3-1-4-8-16/h1-11,19-20,22,30H,12-13,15H2,(H2,27,28,31). The van der Waals surface area contributed by atoms with Crippen molar-refractivity contribution < 1.29 is 19.3 Å². The lowest BCUT2D eigenvalue weighted by atomic mass is 9.97. The molecule has 4 unspecified atom stereocenters. The minimum Gasteiger partial charge on any atom is -0.385 e. The number of aromatic nitrogens is 2. The molecule has 1 saturated heterocycles. The van der Waals surface area contributed by atoms with E-state index in [-0.39, 0.29) is 25.6 Å². The SMILES string of the molecule is N#CC1(COCc2ccccc2)OC(n2cc(Br)c(N)nc2=O)C(O)C1OCc1ccccc1. The predicted octanol–water partition coefficient (Wildman–Crippen LogP) is 2.54.